The topological polar surface area (TPSA) is 25.2 Å². The highest BCUT2D eigenvalue weighted by molar-refractivity contribution is 9.10. The van der Waals surface area contributed by atoms with Crippen LogP contribution in [-0.4, -0.2) is 6.54 Å². The van der Waals surface area contributed by atoms with Gasteiger partial charge in [0, 0.05) is 4.47 Å². The predicted octanol–water partition coefficient (Wildman–Crippen LogP) is 4.81. The Morgan fingerprint density at radius 1 is 1.22 bits per heavy atom. The molecule has 2 rings (SSSR count). The van der Waals surface area contributed by atoms with Crippen LogP contribution >= 0.6 is 31.9 Å². The maximum atomic E-state index is 5.68. The number of hydrogen-bond acceptors (Lipinski definition) is 2. The standard InChI is InChI=1S/C14H15Br2NO/c1-3-17-14(12-6-7-13(16)18-12)11-5-4-10(15)8-9(11)2/h4-8,14,17H,3H2,1-2H3. The molecule has 0 aliphatic rings. The third kappa shape index (κ3) is 3.05. The van der Waals surface area contributed by atoms with Crippen LogP contribution in [0.25, 0.3) is 0 Å². The molecule has 2 nitrogen and oxygen atoms in total. The molecule has 1 N–H and O–H groups in total. The van der Waals surface area contributed by atoms with Crippen molar-refractivity contribution in [2.45, 2.75) is 19.9 Å². The zero-order valence-electron chi connectivity index (χ0n) is 10.3. The van der Waals surface area contributed by atoms with Crippen molar-refractivity contribution < 1.29 is 4.42 Å². The Bertz CT molecular complexity index is 536. The minimum absolute atomic E-state index is 0.0920. The smallest absolute Gasteiger partial charge is 0.169 e. The fraction of sp³-hybridized carbons (Fsp3) is 0.286. The highest BCUT2D eigenvalue weighted by atomic mass is 79.9. The van der Waals surface area contributed by atoms with Gasteiger partial charge in [0.25, 0.3) is 0 Å². The molecule has 0 amide bonds. The fourth-order valence-corrected chi connectivity index (χ4v) is 2.81. The van der Waals surface area contributed by atoms with E-state index < -0.39 is 0 Å². The van der Waals surface area contributed by atoms with Gasteiger partial charge in [-0.05, 0) is 64.8 Å². The van der Waals surface area contributed by atoms with Crippen molar-refractivity contribution in [1.29, 1.82) is 0 Å². The van der Waals surface area contributed by atoms with E-state index in [-0.39, 0.29) is 6.04 Å². The van der Waals surface area contributed by atoms with E-state index >= 15 is 0 Å². The van der Waals surface area contributed by atoms with Gasteiger partial charge in [-0.1, -0.05) is 28.9 Å². The molecule has 0 saturated heterocycles. The number of aryl methyl sites for hydroxylation is 1. The van der Waals surface area contributed by atoms with Gasteiger partial charge in [0.2, 0.25) is 0 Å². The van der Waals surface area contributed by atoms with E-state index in [4.69, 9.17) is 4.42 Å². The van der Waals surface area contributed by atoms with Gasteiger partial charge in [-0.3, -0.25) is 0 Å². The van der Waals surface area contributed by atoms with Crippen LogP contribution in [0.2, 0.25) is 0 Å². The van der Waals surface area contributed by atoms with Crippen LogP contribution in [0.4, 0.5) is 0 Å². The van der Waals surface area contributed by atoms with Gasteiger partial charge in [-0.25, -0.2) is 0 Å². The van der Waals surface area contributed by atoms with E-state index in [9.17, 15) is 0 Å². The second-order valence-electron chi connectivity index (χ2n) is 4.13. The van der Waals surface area contributed by atoms with Crippen molar-refractivity contribution in [3.05, 3.63) is 56.4 Å². The Morgan fingerprint density at radius 2 is 2.00 bits per heavy atom. The number of halogens is 2. The molecule has 1 atom stereocenters. The molecule has 4 heteroatoms. The van der Waals surface area contributed by atoms with E-state index in [0.29, 0.717) is 0 Å². The van der Waals surface area contributed by atoms with Gasteiger partial charge in [0.15, 0.2) is 4.67 Å². The average Bonchev–Trinajstić information content (AvgIpc) is 2.73. The van der Waals surface area contributed by atoms with E-state index in [1.807, 2.05) is 12.1 Å². The molecule has 2 aromatic rings. The first kappa shape index (κ1) is 13.8. The van der Waals surface area contributed by atoms with Crippen LogP contribution in [0.1, 0.15) is 29.9 Å². The SMILES string of the molecule is CCNC(c1ccc(Br)o1)c1ccc(Br)cc1C. The number of nitrogens with one attached hydrogen (secondary N) is 1. The number of furan rings is 1. The van der Waals surface area contributed by atoms with E-state index in [1.54, 1.807) is 0 Å². The van der Waals surface area contributed by atoms with Crippen LogP contribution in [-0.2, 0) is 0 Å². The normalized spacial score (nSPS) is 12.7. The number of rotatable bonds is 4. The summed E-state index contributed by atoms with van der Waals surface area (Å²) in [6.45, 7) is 5.10. The first-order chi connectivity index (χ1) is 8.61. The van der Waals surface area contributed by atoms with Crippen LogP contribution in [0.15, 0.2) is 43.9 Å². The van der Waals surface area contributed by atoms with Crippen LogP contribution in [0.5, 0.6) is 0 Å². The minimum Gasteiger partial charge on any atom is -0.452 e. The lowest BCUT2D eigenvalue weighted by Gasteiger charge is -2.18. The van der Waals surface area contributed by atoms with E-state index in [2.05, 4.69) is 69.2 Å². The van der Waals surface area contributed by atoms with Gasteiger partial charge in [-0.15, -0.1) is 0 Å². The molecule has 0 aliphatic heterocycles. The maximum Gasteiger partial charge on any atom is 0.169 e. The summed E-state index contributed by atoms with van der Waals surface area (Å²) in [6.07, 6.45) is 0. The third-order valence-corrected chi connectivity index (χ3v) is 3.75. The molecular weight excluding hydrogens is 358 g/mol. The Labute approximate surface area is 124 Å². The molecular formula is C14H15Br2NO. The van der Waals surface area contributed by atoms with Crippen LogP contribution in [0, 0.1) is 6.92 Å². The van der Waals surface area contributed by atoms with Crippen LogP contribution < -0.4 is 5.32 Å². The Hall–Kier alpha value is -0.580. The summed E-state index contributed by atoms with van der Waals surface area (Å²) in [5, 5.41) is 3.46. The fourth-order valence-electron chi connectivity index (χ4n) is 2.01. The Morgan fingerprint density at radius 3 is 2.56 bits per heavy atom. The van der Waals surface area contributed by atoms with Crippen molar-refractivity contribution in [2.75, 3.05) is 6.54 Å². The predicted molar refractivity (Wildman–Crippen MR) is 80.8 cm³/mol. The first-order valence-electron chi connectivity index (χ1n) is 5.86. The van der Waals surface area contributed by atoms with Gasteiger partial charge in [-0.2, -0.15) is 0 Å². The molecule has 0 saturated carbocycles. The van der Waals surface area contributed by atoms with Gasteiger partial charge >= 0.3 is 0 Å². The molecule has 18 heavy (non-hydrogen) atoms. The minimum atomic E-state index is 0.0920. The molecule has 96 valence electrons. The largest absolute Gasteiger partial charge is 0.452 e. The zero-order chi connectivity index (χ0) is 13.1. The molecule has 0 aliphatic carbocycles. The number of hydrogen-bond donors (Lipinski definition) is 1. The molecule has 0 spiro atoms. The summed E-state index contributed by atoms with van der Waals surface area (Å²) >= 11 is 6.85. The highest BCUT2D eigenvalue weighted by Gasteiger charge is 2.18. The maximum absolute atomic E-state index is 5.68. The summed E-state index contributed by atoms with van der Waals surface area (Å²) in [6, 6.07) is 10.3. The van der Waals surface area contributed by atoms with Gasteiger partial charge in [0.05, 0.1) is 6.04 Å². The highest BCUT2D eigenvalue weighted by Crippen LogP contribution is 2.29. The second-order valence-corrected chi connectivity index (χ2v) is 5.83. The van der Waals surface area contributed by atoms with Gasteiger partial charge in [0.1, 0.15) is 5.76 Å². The third-order valence-electron chi connectivity index (χ3n) is 2.83. The van der Waals surface area contributed by atoms with Gasteiger partial charge < -0.3 is 9.73 Å². The van der Waals surface area contributed by atoms with Crippen LogP contribution in [0.3, 0.4) is 0 Å². The molecule has 1 heterocycles. The van der Waals surface area contributed by atoms with E-state index in [0.717, 1.165) is 21.4 Å². The molecule has 1 aromatic carbocycles. The van der Waals surface area contributed by atoms with Crippen molar-refractivity contribution in [3.8, 4) is 0 Å². The second kappa shape index (κ2) is 6.04. The summed E-state index contributed by atoms with van der Waals surface area (Å²) in [5.74, 6) is 0.925. The summed E-state index contributed by atoms with van der Waals surface area (Å²) < 4.78 is 7.54. The summed E-state index contributed by atoms with van der Waals surface area (Å²) in [5.41, 5.74) is 2.48. The summed E-state index contributed by atoms with van der Waals surface area (Å²) in [4.78, 5) is 0. The molecule has 1 unspecified atom stereocenters. The lowest BCUT2D eigenvalue weighted by molar-refractivity contribution is 0.437. The monoisotopic (exact) mass is 371 g/mol. The lowest BCUT2D eigenvalue weighted by Crippen LogP contribution is -2.22. The average molecular weight is 373 g/mol. The Kier molecular flexibility index (Phi) is 4.65. The first-order valence-corrected chi connectivity index (χ1v) is 7.45. The molecule has 0 radical (unpaired) electrons. The van der Waals surface area contributed by atoms with Crippen molar-refractivity contribution in [2.24, 2.45) is 0 Å². The Balaban J connectivity index is 2.41. The number of benzene rings is 1. The van der Waals surface area contributed by atoms with E-state index in [1.165, 1.54) is 11.1 Å². The summed E-state index contributed by atoms with van der Waals surface area (Å²) in [7, 11) is 0. The van der Waals surface area contributed by atoms with Crippen molar-refractivity contribution >= 4 is 31.9 Å². The van der Waals surface area contributed by atoms with Crippen molar-refractivity contribution in [1.82, 2.24) is 5.32 Å². The molecule has 0 fully saturated rings. The molecule has 0 bridgehead atoms. The zero-order valence-corrected chi connectivity index (χ0v) is 13.5. The quantitative estimate of drug-likeness (QED) is 0.832. The van der Waals surface area contributed by atoms with Crippen molar-refractivity contribution in [3.63, 3.8) is 0 Å². The molecule has 1 aromatic heterocycles. The lowest BCUT2D eigenvalue weighted by atomic mass is 9.99.